The number of carbonyl (C=O) groups is 4. The second-order valence-electron chi connectivity index (χ2n) is 17.6. The number of nitrogens with one attached hydrogen (secondary N) is 2. The molecule has 3 heterocycles. The first-order valence-electron chi connectivity index (χ1n) is 21.7. The van der Waals surface area contributed by atoms with Crippen LogP contribution < -0.4 is 10.6 Å². The average Bonchev–Trinajstić information content (AvgIpc) is 3.75. The molecule has 2 amide bonds. The summed E-state index contributed by atoms with van der Waals surface area (Å²) in [6.45, 7) is 10.5. The van der Waals surface area contributed by atoms with Gasteiger partial charge in [0.15, 0.2) is 11.8 Å². The van der Waals surface area contributed by atoms with E-state index in [9.17, 15) is 24.6 Å². The second kappa shape index (κ2) is 21.0. The Morgan fingerprint density at radius 3 is 2.27 bits per heavy atom. The van der Waals surface area contributed by atoms with E-state index in [0.717, 1.165) is 49.7 Å². The van der Waals surface area contributed by atoms with Gasteiger partial charge in [-0.1, -0.05) is 63.8 Å². The van der Waals surface area contributed by atoms with Crippen molar-refractivity contribution in [2.24, 2.45) is 5.41 Å². The van der Waals surface area contributed by atoms with E-state index in [-0.39, 0.29) is 39.0 Å². The molecule has 5 N–H and O–H groups in total. The predicted octanol–water partition coefficient (Wildman–Crippen LogP) is 3.57. The zero-order valence-electron chi connectivity index (χ0n) is 36.1. The van der Waals surface area contributed by atoms with E-state index < -0.39 is 95.8 Å². The van der Waals surface area contributed by atoms with E-state index in [1.54, 1.807) is 26.8 Å². The van der Waals surface area contributed by atoms with E-state index in [4.69, 9.17) is 33.6 Å². The highest BCUT2D eigenvalue weighted by molar-refractivity contribution is 5.96. The van der Waals surface area contributed by atoms with Crippen LogP contribution >= 0.6 is 0 Å². The molecule has 3 aliphatic heterocycles. The number of hydroxylamine groups is 2. The quantitative estimate of drug-likeness (QED) is 0.0606. The molecule has 0 radical (unpaired) electrons. The summed E-state index contributed by atoms with van der Waals surface area (Å²) in [5.41, 5.74) is -0.732. The minimum atomic E-state index is -1.62. The van der Waals surface area contributed by atoms with Crippen LogP contribution in [-0.4, -0.2) is 124 Å². The molecule has 1 aliphatic carbocycles. The fraction of sp³-hybridized carbons (Fsp3) is 0.727. The van der Waals surface area contributed by atoms with Gasteiger partial charge in [-0.25, -0.2) is 0 Å². The van der Waals surface area contributed by atoms with Crippen LogP contribution in [0.15, 0.2) is 30.5 Å². The molecular formula is C44H67N3O13. The Morgan fingerprint density at radius 1 is 1.00 bits per heavy atom. The number of rotatable bonds is 23. The van der Waals surface area contributed by atoms with Crippen molar-refractivity contribution in [1.82, 2.24) is 15.7 Å². The smallest absolute Gasteiger partial charge is 0.327 e. The van der Waals surface area contributed by atoms with Crippen molar-refractivity contribution in [2.45, 2.75) is 179 Å². The number of aliphatic hydroxyl groups excluding tert-OH is 3. The van der Waals surface area contributed by atoms with Gasteiger partial charge in [0.25, 0.3) is 0 Å². The van der Waals surface area contributed by atoms with Gasteiger partial charge in [0.2, 0.25) is 11.8 Å². The number of aliphatic hydroxyl groups is 3. The zero-order valence-corrected chi connectivity index (χ0v) is 36.1. The van der Waals surface area contributed by atoms with Crippen molar-refractivity contribution in [3.8, 4) is 0 Å². The molecule has 60 heavy (non-hydrogen) atoms. The van der Waals surface area contributed by atoms with Crippen LogP contribution in [0.1, 0.15) is 123 Å². The van der Waals surface area contributed by atoms with Gasteiger partial charge in [0.1, 0.15) is 48.1 Å². The number of hydrogen-bond donors (Lipinski definition) is 5. The molecule has 9 unspecified atom stereocenters. The van der Waals surface area contributed by atoms with Gasteiger partial charge >= 0.3 is 11.9 Å². The lowest BCUT2D eigenvalue weighted by atomic mass is 9.62. The number of esters is 2. The third-order valence-electron chi connectivity index (χ3n) is 11.6. The summed E-state index contributed by atoms with van der Waals surface area (Å²) in [6, 6.07) is 3.81. The standard InChI is InChI=1S/C44H67N3O13/c1-7-9-11-20-43(21-12-10-8-2)58-35-32-25-44(41(54)46-34(28(3)50)39(52)45-31(27-49)17-18-33(51)57-42(4,5)6)37(40(53)56-32)47(60-38(44)36(35)59-43)26-30-15-13-29(14-16-30)19-23-55-24-22-48/h13-16,19,23,28,31-32,34-38,48-50H,7-12,17-18,20-22,24-27H2,1-6H3,(H,45,52)(H,46,54). The molecule has 0 spiro atoms. The number of fused-ring (bicyclic) bond motifs is 4. The molecule has 4 aliphatic rings. The Hall–Kier alpha value is -3.64. The molecule has 4 fully saturated rings. The number of unbranched alkanes of at least 4 members (excludes halogenated alkanes) is 4. The first-order chi connectivity index (χ1) is 28.6. The van der Waals surface area contributed by atoms with E-state index in [1.165, 1.54) is 18.2 Å². The third kappa shape index (κ3) is 11.2. The first kappa shape index (κ1) is 47.4. The largest absolute Gasteiger partial charge is 0.499 e. The maximum Gasteiger partial charge on any atom is 0.327 e. The Bertz CT molecular complexity index is 1620. The average molecular weight is 846 g/mol. The Balaban J connectivity index is 1.44. The summed E-state index contributed by atoms with van der Waals surface area (Å²) in [5.74, 6) is -3.64. The molecule has 2 bridgehead atoms. The number of carbonyl (C=O) groups excluding carboxylic acids is 4. The van der Waals surface area contributed by atoms with Crippen molar-refractivity contribution in [1.29, 1.82) is 0 Å². The summed E-state index contributed by atoms with van der Waals surface area (Å²) in [4.78, 5) is 62.2. The normalized spacial score (nSPS) is 27.1. The molecule has 16 nitrogen and oxygen atoms in total. The highest BCUT2D eigenvalue weighted by atomic mass is 16.8. The van der Waals surface area contributed by atoms with Gasteiger partial charge in [-0.2, -0.15) is 5.06 Å². The number of ether oxygens (including phenoxy) is 5. The molecule has 1 saturated carbocycles. The van der Waals surface area contributed by atoms with Gasteiger partial charge < -0.3 is 49.6 Å². The Labute approximate surface area is 353 Å². The van der Waals surface area contributed by atoms with Crippen LogP contribution in [0.2, 0.25) is 0 Å². The zero-order chi connectivity index (χ0) is 43.7. The van der Waals surface area contributed by atoms with Crippen molar-refractivity contribution in [2.75, 3.05) is 19.8 Å². The van der Waals surface area contributed by atoms with E-state index in [0.29, 0.717) is 12.8 Å². The number of nitrogens with zero attached hydrogens (tertiary/aromatic N) is 1. The van der Waals surface area contributed by atoms with Crippen LogP contribution in [0.25, 0.3) is 6.08 Å². The van der Waals surface area contributed by atoms with Gasteiger partial charge in [-0.05, 0) is 64.2 Å². The number of hydrogen-bond acceptors (Lipinski definition) is 14. The third-order valence-corrected chi connectivity index (χ3v) is 11.6. The fourth-order valence-corrected chi connectivity index (χ4v) is 8.72. The lowest BCUT2D eigenvalue weighted by molar-refractivity contribution is -0.224. The highest BCUT2D eigenvalue weighted by Gasteiger charge is 2.76. The van der Waals surface area contributed by atoms with Crippen LogP contribution in [-0.2, 0) is 54.2 Å². The van der Waals surface area contributed by atoms with Crippen molar-refractivity contribution in [3.05, 3.63) is 41.7 Å². The first-order valence-corrected chi connectivity index (χ1v) is 21.7. The number of amides is 2. The minimum absolute atomic E-state index is 0.0157. The highest BCUT2D eigenvalue weighted by Crippen LogP contribution is 2.58. The molecule has 16 heteroatoms. The Kier molecular flexibility index (Phi) is 16.6. The van der Waals surface area contributed by atoms with Crippen LogP contribution in [0.4, 0.5) is 0 Å². The summed E-state index contributed by atoms with van der Waals surface area (Å²) < 4.78 is 30.5. The van der Waals surface area contributed by atoms with Crippen molar-refractivity contribution >= 4 is 29.8 Å². The van der Waals surface area contributed by atoms with Crippen molar-refractivity contribution < 1.29 is 63.0 Å². The molecule has 1 aromatic rings. The van der Waals surface area contributed by atoms with Gasteiger partial charge in [0.05, 0.1) is 38.2 Å². The lowest BCUT2D eigenvalue weighted by Gasteiger charge is -2.49. The number of benzene rings is 1. The van der Waals surface area contributed by atoms with E-state index in [2.05, 4.69) is 24.5 Å². The summed E-state index contributed by atoms with van der Waals surface area (Å²) in [5, 5.41) is 36.9. The minimum Gasteiger partial charge on any atom is -0.499 e. The predicted molar refractivity (Wildman–Crippen MR) is 218 cm³/mol. The molecular weight excluding hydrogens is 778 g/mol. The van der Waals surface area contributed by atoms with Crippen molar-refractivity contribution in [3.63, 3.8) is 0 Å². The molecule has 3 saturated heterocycles. The van der Waals surface area contributed by atoms with Crippen LogP contribution in [0.3, 0.4) is 0 Å². The molecule has 9 atom stereocenters. The van der Waals surface area contributed by atoms with Gasteiger partial charge in [-0.3, -0.25) is 24.0 Å². The molecule has 336 valence electrons. The van der Waals surface area contributed by atoms with Crippen LogP contribution in [0.5, 0.6) is 0 Å². The summed E-state index contributed by atoms with van der Waals surface area (Å²) >= 11 is 0. The van der Waals surface area contributed by atoms with E-state index in [1.807, 2.05) is 24.3 Å². The lowest BCUT2D eigenvalue weighted by Crippen LogP contribution is -2.71. The monoisotopic (exact) mass is 845 g/mol. The fourth-order valence-electron chi connectivity index (χ4n) is 8.72. The molecule has 1 aromatic carbocycles. The maximum absolute atomic E-state index is 15.1. The van der Waals surface area contributed by atoms with Crippen LogP contribution in [0, 0.1) is 5.41 Å². The topological polar surface area (TPSA) is 212 Å². The van der Waals surface area contributed by atoms with Gasteiger partial charge in [-0.15, -0.1) is 0 Å². The van der Waals surface area contributed by atoms with Gasteiger partial charge in [0, 0.05) is 25.7 Å². The summed E-state index contributed by atoms with van der Waals surface area (Å²) in [7, 11) is 0. The summed E-state index contributed by atoms with van der Waals surface area (Å²) in [6.07, 6.45) is 5.32. The SMILES string of the molecule is CCCCCC1(CCCCC)OC2C3CC4(C(=O)NC(C(=O)NC(CO)CCC(=O)OC(C)(C)C)C(C)O)C(ON(Cc5ccc(C=COCCO)cc5)C4C(=O)O3)C2O1. The van der Waals surface area contributed by atoms with E-state index >= 15 is 4.79 Å². The molecule has 5 rings (SSSR count). The second-order valence-corrected chi connectivity index (χ2v) is 17.6. The molecule has 0 aromatic heterocycles. The maximum atomic E-state index is 15.1. The Morgan fingerprint density at radius 2 is 1.67 bits per heavy atom.